The second kappa shape index (κ2) is 13.0. The molecule has 5 rings (SSSR count). The number of anilines is 2. The van der Waals surface area contributed by atoms with Crippen molar-refractivity contribution in [1.82, 2.24) is 19.8 Å². The van der Waals surface area contributed by atoms with Crippen molar-refractivity contribution < 1.29 is 23.8 Å². The summed E-state index contributed by atoms with van der Waals surface area (Å²) in [5.74, 6) is 0.376. The van der Waals surface area contributed by atoms with Crippen LogP contribution in [0.1, 0.15) is 24.8 Å². The van der Waals surface area contributed by atoms with Crippen LogP contribution >= 0.6 is 11.6 Å². The normalized spacial score (nSPS) is 19.5. The third kappa shape index (κ3) is 6.26. The largest absolute Gasteiger partial charge is 0.468 e. The highest BCUT2D eigenvalue weighted by molar-refractivity contribution is 6.31. The first kappa shape index (κ1) is 28.4. The van der Waals surface area contributed by atoms with Crippen LogP contribution in [0.15, 0.2) is 24.3 Å². The number of esters is 1. The van der Waals surface area contributed by atoms with Crippen LogP contribution < -0.4 is 9.80 Å². The first-order valence-corrected chi connectivity index (χ1v) is 14.3. The molecular formula is C28H37ClN6O5. The van der Waals surface area contributed by atoms with Gasteiger partial charge in [-0.3, -0.25) is 9.69 Å². The number of rotatable bonds is 8. The first-order chi connectivity index (χ1) is 19.5. The lowest BCUT2D eigenvalue weighted by Crippen LogP contribution is -2.49. The van der Waals surface area contributed by atoms with Crippen LogP contribution in [0, 0.1) is 0 Å². The molecule has 1 atom stereocenters. The molecule has 0 radical (unpaired) electrons. The summed E-state index contributed by atoms with van der Waals surface area (Å²) in [6, 6.07) is 8.05. The fourth-order valence-corrected chi connectivity index (χ4v) is 5.82. The van der Waals surface area contributed by atoms with Crippen molar-refractivity contribution in [2.75, 3.05) is 95.6 Å². The second-order valence-corrected chi connectivity index (χ2v) is 10.5. The highest BCUT2D eigenvalue weighted by Gasteiger charge is 2.38. The molecule has 1 aromatic heterocycles. The van der Waals surface area contributed by atoms with Crippen LogP contribution in [0.5, 0.6) is 0 Å². The van der Waals surface area contributed by atoms with E-state index < -0.39 is 5.92 Å². The van der Waals surface area contributed by atoms with Crippen molar-refractivity contribution in [3.8, 4) is 11.4 Å². The molecule has 3 aliphatic rings. The summed E-state index contributed by atoms with van der Waals surface area (Å²) in [5.41, 5.74) is 2.54. The summed E-state index contributed by atoms with van der Waals surface area (Å²) in [6.07, 6.45) is 0.676. The maximum atomic E-state index is 12.6. The number of aromatic nitrogens is 2. The van der Waals surface area contributed by atoms with Gasteiger partial charge in [0.05, 0.1) is 26.9 Å². The Morgan fingerprint density at radius 2 is 1.75 bits per heavy atom. The van der Waals surface area contributed by atoms with E-state index in [2.05, 4.69) is 19.7 Å². The number of methoxy groups -OCH3 is 1. The Labute approximate surface area is 239 Å². The Bertz CT molecular complexity index is 1180. The fourth-order valence-electron chi connectivity index (χ4n) is 5.52. The quantitative estimate of drug-likeness (QED) is 0.347. The van der Waals surface area contributed by atoms with E-state index in [0.717, 1.165) is 70.2 Å². The van der Waals surface area contributed by atoms with Crippen molar-refractivity contribution >= 4 is 35.2 Å². The Kier molecular flexibility index (Phi) is 9.23. The lowest BCUT2D eigenvalue weighted by Gasteiger charge is -2.35. The van der Waals surface area contributed by atoms with Crippen molar-refractivity contribution in [1.29, 1.82) is 0 Å². The van der Waals surface area contributed by atoms with Crippen LogP contribution in [-0.4, -0.2) is 118 Å². The number of hydrogen-bond acceptors (Lipinski definition) is 10. The maximum absolute atomic E-state index is 12.6. The highest BCUT2D eigenvalue weighted by atomic mass is 35.5. The van der Waals surface area contributed by atoms with E-state index in [-0.39, 0.29) is 17.2 Å². The number of piperazine rings is 1. The summed E-state index contributed by atoms with van der Waals surface area (Å²) in [7, 11) is 1.39. The van der Waals surface area contributed by atoms with Gasteiger partial charge in [-0.15, -0.1) is 0 Å². The number of halogens is 1. The molecule has 3 aliphatic heterocycles. The third-order valence-electron chi connectivity index (χ3n) is 7.72. The van der Waals surface area contributed by atoms with E-state index in [9.17, 15) is 9.59 Å². The summed E-state index contributed by atoms with van der Waals surface area (Å²) >= 11 is 6.70. The van der Waals surface area contributed by atoms with Crippen LogP contribution in [0.25, 0.3) is 11.4 Å². The van der Waals surface area contributed by atoms with Crippen molar-refractivity contribution in [3.63, 3.8) is 0 Å². The number of morpholine rings is 1. The Morgan fingerprint density at radius 3 is 2.42 bits per heavy atom. The van der Waals surface area contributed by atoms with E-state index in [1.54, 1.807) is 4.90 Å². The van der Waals surface area contributed by atoms with Gasteiger partial charge in [0.15, 0.2) is 5.82 Å². The van der Waals surface area contributed by atoms with Gasteiger partial charge in [-0.05, 0) is 37.6 Å². The maximum Gasteiger partial charge on any atom is 0.409 e. The predicted molar refractivity (Wildman–Crippen MR) is 152 cm³/mol. The van der Waals surface area contributed by atoms with Gasteiger partial charge >= 0.3 is 12.1 Å². The smallest absolute Gasteiger partial charge is 0.409 e. The number of carbonyl (C=O) groups is 2. The van der Waals surface area contributed by atoms with Crippen molar-refractivity contribution in [2.45, 2.75) is 19.3 Å². The minimum Gasteiger partial charge on any atom is -0.468 e. The number of carbonyl (C=O) groups excluding carboxylic acids is 2. The van der Waals surface area contributed by atoms with Gasteiger partial charge < -0.3 is 28.9 Å². The molecule has 0 spiro atoms. The lowest BCUT2D eigenvalue weighted by atomic mass is 10.1. The standard InChI is InChI=1S/C28H37ClN6O5/c1-3-40-28(37)34-13-11-33(12-14-34)21-7-5-20(6-8-21)25-30-24(29)23-22(27(36)38-2)19-35(26(23)31-25)10-4-9-32-15-17-39-18-16-32/h5-8,22H,3-4,9-19H2,1-2H3. The lowest BCUT2D eigenvalue weighted by molar-refractivity contribution is -0.142. The molecule has 2 aromatic rings. The van der Waals surface area contributed by atoms with E-state index in [1.165, 1.54) is 7.11 Å². The molecule has 2 fully saturated rings. The van der Waals surface area contributed by atoms with E-state index >= 15 is 0 Å². The number of benzene rings is 1. The molecule has 4 heterocycles. The summed E-state index contributed by atoms with van der Waals surface area (Å²) in [4.78, 5) is 42.6. The van der Waals surface area contributed by atoms with E-state index in [0.29, 0.717) is 43.4 Å². The number of nitrogens with zero attached hydrogens (tertiary/aromatic N) is 6. The Balaban J connectivity index is 1.30. The van der Waals surface area contributed by atoms with Crippen LogP contribution in [0.3, 0.4) is 0 Å². The van der Waals surface area contributed by atoms with Gasteiger partial charge in [0.1, 0.15) is 16.9 Å². The highest BCUT2D eigenvalue weighted by Crippen LogP contribution is 2.41. The molecule has 0 saturated carbocycles. The van der Waals surface area contributed by atoms with Crippen LogP contribution in [-0.2, 0) is 19.0 Å². The fraction of sp³-hybridized carbons (Fsp3) is 0.571. The third-order valence-corrected chi connectivity index (χ3v) is 8.01. The number of fused-ring (bicyclic) bond motifs is 1. The molecule has 1 unspecified atom stereocenters. The topological polar surface area (TPSA) is 101 Å². The molecule has 40 heavy (non-hydrogen) atoms. The van der Waals surface area contributed by atoms with Crippen LogP contribution in [0.4, 0.5) is 16.3 Å². The Hall–Kier alpha value is -3.15. The average Bonchev–Trinajstić information content (AvgIpc) is 3.36. The molecular weight excluding hydrogens is 536 g/mol. The number of ether oxygens (including phenoxy) is 3. The zero-order chi connectivity index (χ0) is 28.1. The summed E-state index contributed by atoms with van der Waals surface area (Å²) in [6.45, 7) is 10.5. The van der Waals surface area contributed by atoms with Gasteiger partial charge in [0.25, 0.3) is 0 Å². The van der Waals surface area contributed by atoms with Gasteiger partial charge in [0.2, 0.25) is 0 Å². The molecule has 1 amide bonds. The predicted octanol–water partition coefficient (Wildman–Crippen LogP) is 2.87. The monoisotopic (exact) mass is 572 g/mol. The number of amides is 1. The van der Waals surface area contributed by atoms with Crippen LogP contribution in [0.2, 0.25) is 5.15 Å². The van der Waals surface area contributed by atoms with E-state index in [1.807, 2.05) is 31.2 Å². The SMILES string of the molecule is CCOC(=O)N1CCN(c2ccc(-c3nc(Cl)c4c(n3)N(CCCN3CCOCC3)CC4C(=O)OC)cc2)CC1. The molecule has 11 nitrogen and oxygen atoms in total. The summed E-state index contributed by atoms with van der Waals surface area (Å²) in [5, 5.41) is 0.283. The Morgan fingerprint density at radius 1 is 1.02 bits per heavy atom. The summed E-state index contributed by atoms with van der Waals surface area (Å²) < 4.78 is 15.6. The van der Waals surface area contributed by atoms with E-state index in [4.69, 9.17) is 30.8 Å². The number of hydrogen-bond donors (Lipinski definition) is 0. The molecule has 0 aliphatic carbocycles. The molecule has 1 aromatic carbocycles. The molecule has 12 heteroatoms. The zero-order valence-electron chi connectivity index (χ0n) is 23.2. The van der Waals surface area contributed by atoms with Gasteiger partial charge in [-0.1, -0.05) is 11.6 Å². The minimum absolute atomic E-state index is 0.257. The minimum atomic E-state index is -0.513. The average molecular weight is 573 g/mol. The zero-order valence-corrected chi connectivity index (χ0v) is 23.9. The molecule has 2 saturated heterocycles. The molecule has 216 valence electrons. The molecule has 0 bridgehead atoms. The molecule has 0 N–H and O–H groups in total. The van der Waals surface area contributed by atoms with Gasteiger partial charge in [0, 0.05) is 75.7 Å². The van der Waals surface area contributed by atoms with Crippen molar-refractivity contribution in [2.24, 2.45) is 0 Å². The second-order valence-electron chi connectivity index (χ2n) is 10.1. The van der Waals surface area contributed by atoms with Gasteiger partial charge in [-0.2, -0.15) is 0 Å². The van der Waals surface area contributed by atoms with Crippen molar-refractivity contribution in [3.05, 3.63) is 35.0 Å². The first-order valence-electron chi connectivity index (χ1n) is 14.0. The van der Waals surface area contributed by atoms with Gasteiger partial charge in [-0.25, -0.2) is 14.8 Å².